The van der Waals surface area contributed by atoms with Crippen molar-refractivity contribution in [2.24, 2.45) is 0 Å². The lowest BCUT2D eigenvalue weighted by Crippen LogP contribution is -2.44. The normalized spacial score (nSPS) is 15.6. The monoisotopic (exact) mass is 580 g/mol. The summed E-state index contributed by atoms with van der Waals surface area (Å²) in [4.78, 5) is 28.2. The summed E-state index contributed by atoms with van der Waals surface area (Å²) in [5.74, 6) is -1.61. The van der Waals surface area contributed by atoms with Gasteiger partial charge in [0.25, 0.3) is 12.3 Å². The fourth-order valence-electron chi connectivity index (χ4n) is 3.55. The standard InChI is InChI=1S/C24H23ClF6N4O4/c1-33(11-10-23(26,27)28)21(37)19-20(34(2)14-36)32-22(35(19)13-15-6-8-16(25)9-7-15)38-17-4-3-5-18(12-17)39-24(29,30)31/h3-9,12,14,22,32H,10-11,13H2,1-2H3. The van der Waals surface area contributed by atoms with E-state index < -0.39 is 43.5 Å². The number of alkyl halides is 6. The third-order valence-corrected chi connectivity index (χ3v) is 5.65. The Morgan fingerprint density at radius 2 is 1.72 bits per heavy atom. The summed E-state index contributed by atoms with van der Waals surface area (Å²) >= 11 is 5.95. The summed E-state index contributed by atoms with van der Waals surface area (Å²) in [7, 11) is 2.48. The second kappa shape index (κ2) is 11.9. The molecule has 0 saturated heterocycles. The van der Waals surface area contributed by atoms with Crippen LogP contribution in [0.15, 0.2) is 60.0 Å². The molecule has 2 aromatic rings. The highest BCUT2D eigenvalue weighted by Crippen LogP contribution is 2.31. The highest BCUT2D eigenvalue weighted by Gasteiger charge is 2.40. The summed E-state index contributed by atoms with van der Waals surface area (Å²) in [6, 6.07) is 11.0. The van der Waals surface area contributed by atoms with E-state index in [1.54, 1.807) is 24.3 Å². The van der Waals surface area contributed by atoms with Gasteiger partial charge in [-0.1, -0.05) is 29.8 Å². The van der Waals surface area contributed by atoms with Crippen LogP contribution in [0.25, 0.3) is 0 Å². The zero-order valence-electron chi connectivity index (χ0n) is 20.5. The fraction of sp³-hybridized carbons (Fsp3) is 0.333. The molecule has 0 bridgehead atoms. The first-order valence-corrected chi connectivity index (χ1v) is 11.6. The van der Waals surface area contributed by atoms with Crippen LogP contribution in [0.2, 0.25) is 5.02 Å². The third kappa shape index (κ3) is 8.34. The topological polar surface area (TPSA) is 74.4 Å². The Morgan fingerprint density at radius 1 is 1.08 bits per heavy atom. The number of rotatable bonds is 10. The number of likely N-dealkylation sites (N-methyl/N-ethyl adjacent to an activating group) is 1. The van der Waals surface area contributed by atoms with Crippen molar-refractivity contribution in [3.05, 3.63) is 70.6 Å². The highest BCUT2D eigenvalue weighted by molar-refractivity contribution is 6.30. The number of nitrogens with zero attached hydrogens (tertiary/aromatic N) is 3. The number of hydrogen-bond acceptors (Lipinski definition) is 6. The lowest BCUT2D eigenvalue weighted by atomic mass is 10.2. The first-order valence-electron chi connectivity index (χ1n) is 11.2. The number of carbonyl (C=O) groups excluding carboxylic acids is 2. The van der Waals surface area contributed by atoms with Crippen molar-refractivity contribution < 1.29 is 45.4 Å². The van der Waals surface area contributed by atoms with Gasteiger partial charge in [0.1, 0.15) is 23.0 Å². The van der Waals surface area contributed by atoms with Gasteiger partial charge in [0, 0.05) is 38.3 Å². The van der Waals surface area contributed by atoms with Crippen molar-refractivity contribution in [3.8, 4) is 11.5 Å². The number of halogens is 7. The van der Waals surface area contributed by atoms with E-state index in [-0.39, 0.29) is 23.8 Å². The van der Waals surface area contributed by atoms with Crippen molar-refractivity contribution in [3.63, 3.8) is 0 Å². The molecular weight excluding hydrogens is 558 g/mol. The van der Waals surface area contributed by atoms with Crippen LogP contribution in [0.1, 0.15) is 12.0 Å². The Bertz CT molecular complexity index is 1210. The van der Waals surface area contributed by atoms with E-state index in [0.29, 0.717) is 17.0 Å². The van der Waals surface area contributed by atoms with Crippen LogP contribution >= 0.6 is 11.6 Å². The smallest absolute Gasteiger partial charge is 0.452 e. The predicted molar refractivity (Wildman–Crippen MR) is 127 cm³/mol. The van der Waals surface area contributed by atoms with Crippen molar-refractivity contribution in [2.75, 3.05) is 20.6 Å². The van der Waals surface area contributed by atoms with Crippen LogP contribution in [0.4, 0.5) is 26.3 Å². The van der Waals surface area contributed by atoms with Crippen LogP contribution in [0, 0.1) is 0 Å². The molecule has 0 spiro atoms. The molecule has 0 aromatic heterocycles. The minimum absolute atomic E-state index is 0.0576. The maximum atomic E-state index is 13.4. The van der Waals surface area contributed by atoms with E-state index >= 15 is 0 Å². The lowest BCUT2D eigenvalue weighted by molar-refractivity contribution is -0.274. The molecule has 0 fully saturated rings. The minimum Gasteiger partial charge on any atom is -0.452 e. The summed E-state index contributed by atoms with van der Waals surface area (Å²) in [5, 5.41) is 3.24. The molecule has 2 amide bonds. The molecule has 1 aliphatic heterocycles. The van der Waals surface area contributed by atoms with E-state index in [1.165, 1.54) is 31.1 Å². The minimum atomic E-state index is -4.95. The Balaban J connectivity index is 1.99. The first kappa shape index (κ1) is 29.7. The van der Waals surface area contributed by atoms with Gasteiger partial charge in [0.15, 0.2) is 0 Å². The predicted octanol–water partition coefficient (Wildman–Crippen LogP) is 4.67. The van der Waals surface area contributed by atoms with Crippen LogP contribution in [0.5, 0.6) is 11.5 Å². The van der Waals surface area contributed by atoms with E-state index in [1.807, 2.05) is 0 Å². The molecule has 1 aliphatic rings. The van der Waals surface area contributed by atoms with Gasteiger partial charge in [0.2, 0.25) is 6.41 Å². The van der Waals surface area contributed by atoms with Crippen LogP contribution in [0.3, 0.4) is 0 Å². The zero-order valence-corrected chi connectivity index (χ0v) is 21.3. The Labute approximate surface area is 224 Å². The average Bonchev–Trinajstić information content (AvgIpc) is 3.19. The number of ether oxygens (including phenoxy) is 2. The fourth-order valence-corrected chi connectivity index (χ4v) is 3.68. The van der Waals surface area contributed by atoms with Crippen LogP contribution in [-0.2, 0) is 16.1 Å². The SMILES string of the molecule is CN(C=O)C1=C(C(=O)N(C)CCC(F)(F)F)N(Cc2ccc(Cl)cc2)C(Oc2cccc(OC(F)(F)F)c2)N1. The van der Waals surface area contributed by atoms with E-state index in [4.69, 9.17) is 16.3 Å². The molecule has 0 saturated carbocycles. The second-order valence-corrected chi connectivity index (χ2v) is 8.83. The van der Waals surface area contributed by atoms with Crippen molar-refractivity contribution in [1.82, 2.24) is 20.0 Å². The molecule has 1 atom stereocenters. The van der Waals surface area contributed by atoms with Gasteiger partial charge in [-0.25, -0.2) is 0 Å². The van der Waals surface area contributed by atoms with Gasteiger partial charge in [-0.3, -0.25) is 9.59 Å². The molecule has 1 N–H and O–H groups in total. The molecule has 0 radical (unpaired) electrons. The maximum absolute atomic E-state index is 13.4. The van der Waals surface area contributed by atoms with E-state index in [2.05, 4.69) is 10.1 Å². The van der Waals surface area contributed by atoms with Gasteiger partial charge >= 0.3 is 12.5 Å². The Hall–Kier alpha value is -3.81. The van der Waals surface area contributed by atoms with Crippen molar-refractivity contribution >= 4 is 23.9 Å². The van der Waals surface area contributed by atoms with Gasteiger partial charge in [-0.05, 0) is 29.8 Å². The average molecular weight is 581 g/mol. The van der Waals surface area contributed by atoms with Gasteiger partial charge < -0.3 is 29.5 Å². The van der Waals surface area contributed by atoms with Crippen LogP contribution in [-0.4, -0.2) is 66.5 Å². The summed E-state index contributed by atoms with van der Waals surface area (Å²) in [6.45, 7) is -0.723. The highest BCUT2D eigenvalue weighted by atomic mass is 35.5. The molecular formula is C24H23ClF6N4O4. The Morgan fingerprint density at radius 3 is 2.31 bits per heavy atom. The molecule has 2 aromatic carbocycles. The van der Waals surface area contributed by atoms with Gasteiger partial charge in [-0.2, -0.15) is 13.2 Å². The summed E-state index contributed by atoms with van der Waals surface area (Å²) < 4.78 is 86.3. The number of amides is 2. The van der Waals surface area contributed by atoms with E-state index in [9.17, 15) is 35.9 Å². The number of benzene rings is 2. The third-order valence-electron chi connectivity index (χ3n) is 5.40. The second-order valence-electron chi connectivity index (χ2n) is 8.40. The van der Waals surface area contributed by atoms with E-state index in [0.717, 1.165) is 21.9 Å². The lowest BCUT2D eigenvalue weighted by Gasteiger charge is -2.30. The molecule has 3 rings (SSSR count). The molecule has 1 unspecified atom stereocenters. The quantitative estimate of drug-likeness (QED) is 0.325. The van der Waals surface area contributed by atoms with Gasteiger partial charge in [-0.15, -0.1) is 13.2 Å². The van der Waals surface area contributed by atoms with Gasteiger partial charge in [0.05, 0.1) is 6.42 Å². The maximum Gasteiger partial charge on any atom is 0.573 e. The molecule has 212 valence electrons. The molecule has 15 heteroatoms. The van der Waals surface area contributed by atoms with Crippen LogP contribution < -0.4 is 14.8 Å². The molecule has 1 heterocycles. The van der Waals surface area contributed by atoms with Crippen molar-refractivity contribution in [2.45, 2.75) is 31.9 Å². The first-order chi connectivity index (χ1) is 18.2. The summed E-state index contributed by atoms with van der Waals surface area (Å²) in [6.07, 6.45) is -11.6. The number of nitrogens with one attached hydrogen (secondary N) is 1. The number of hydrogen-bond donors (Lipinski definition) is 1. The number of carbonyl (C=O) groups is 2. The molecule has 8 nitrogen and oxygen atoms in total. The largest absolute Gasteiger partial charge is 0.573 e. The molecule has 0 aliphatic carbocycles. The summed E-state index contributed by atoms with van der Waals surface area (Å²) in [5.41, 5.74) is 0.402. The zero-order chi connectivity index (χ0) is 29.0. The Kier molecular flexibility index (Phi) is 9.10. The molecule has 39 heavy (non-hydrogen) atoms. The van der Waals surface area contributed by atoms with Crippen molar-refractivity contribution in [1.29, 1.82) is 0 Å².